The molecule has 3 heterocycles. The van der Waals surface area contributed by atoms with Gasteiger partial charge in [0.2, 0.25) is 5.95 Å². The van der Waals surface area contributed by atoms with Crippen LogP contribution in [0, 0.1) is 5.92 Å². The van der Waals surface area contributed by atoms with Crippen LogP contribution >= 0.6 is 0 Å². The lowest BCUT2D eigenvalue weighted by Gasteiger charge is -2.36. The Kier molecular flexibility index (Phi) is 3.40. The summed E-state index contributed by atoms with van der Waals surface area (Å²) in [6.45, 7) is 5.66. The summed E-state index contributed by atoms with van der Waals surface area (Å²) in [5, 5.41) is 11.4. The summed E-state index contributed by atoms with van der Waals surface area (Å²) in [4.78, 5) is 7.40. The molecule has 2 atom stereocenters. The summed E-state index contributed by atoms with van der Waals surface area (Å²) < 4.78 is 0. The molecule has 5 nitrogen and oxygen atoms in total. The Morgan fingerprint density at radius 1 is 1.24 bits per heavy atom. The first-order valence-corrected chi connectivity index (χ1v) is 8.73. The first kappa shape index (κ1) is 13.6. The van der Waals surface area contributed by atoms with E-state index in [1.807, 2.05) is 0 Å². The van der Waals surface area contributed by atoms with Gasteiger partial charge >= 0.3 is 0 Å². The van der Waals surface area contributed by atoms with Gasteiger partial charge in [-0.25, -0.2) is 0 Å². The quantitative estimate of drug-likeness (QED) is 0.896. The van der Waals surface area contributed by atoms with Crippen molar-refractivity contribution in [2.45, 2.75) is 63.3 Å². The van der Waals surface area contributed by atoms with E-state index in [0.717, 1.165) is 37.3 Å². The van der Waals surface area contributed by atoms with E-state index < -0.39 is 0 Å². The average molecular weight is 289 g/mol. The molecule has 0 aromatic carbocycles. The maximum absolute atomic E-state index is 4.95. The number of piperidine rings is 1. The number of hydrogen-bond acceptors (Lipinski definition) is 4. The molecule has 1 saturated carbocycles. The fourth-order valence-corrected chi connectivity index (χ4v) is 4.74. The molecule has 1 aromatic heterocycles. The predicted octanol–water partition coefficient (Wildman–Crippen LogP) is 2.21. The molecule has 3 fully saturated rings. The summed E-state index contributed by atoms with van der Waals surface area (Å²) in [6, 6.07) is 0.601. The van der Waals surface area contributed by atoms with Crippen LogP contribution in [0.3, 0.4) is 0 Å². The van der Waals surface area contributed by atoms with Crippen molar-refractivity contribution in [1.29, 1.82) is 0 Å². The number of H-pyrrole nitrogens is 1. The number of anilines is 1. The summed E-state index contributed by atoms with van der Waals surface area (Å²) >= 11 is 0. The Balaban J connectivity index is 1.59. The van der Waals surface area contributed by atoms with Crippen LogP contribution in [0.25, 0.3) is 0 Å². The van der Waals surface area contributed by atoms with Gasteiger partial charge in [-0.2, -0.15) is 4.98 Å². The third-order valence-electron chi connectivity index (χ3n) is 6.15. The van der Waals surface area contributed by atoms with E-state index in [2.05, 4.69) is 27.3 Å². The summed E-state index contributed by atoms with van der Waals surface area (Å²) in [6.07, 6.45) is 9.01. The van der Waals surface area contributed by atoms with Crippen molar-refractivity contribution in [3.8, 4) is 0 Å². The highest BCUT2D eigenvalue weighted by Crippen LogP contribution is 2.42. The van der Waals surface area contributed by atoms with Gasteiger partial charge < -0.3 is 10.2 Å². The zero-order valence-corrected chi connectivity index (χ0v) is 13.1. The standard InChI is InChI=1S/C16H27N5/c1-2-16(7-3-4-8-16)14-18-15(20-19-14)21-9-5-6-12-10-17-11-13(12)21/h12-13,17H,2-11H2,1H3,(H,18,19,20). The minimum absolute atomic E-state index is 0.272. The van der Waals surface area contributed by atoms with Crippen LogP contribution in [0.2, 0.25) is 0 Å². The SMILES string of the molecule is CCC1(c2nc(N3CCCC4CNCC43)n[nH]2)CCCC1. The number of rotatable bonds is 3. The van der Waals surface area contributed by atoms with Crippen molar-refractivity contribution in [3.63, 3.8) is 0 Å². The van der Waals surface area contributed by atoms with E-state index in [4.69, 9.17) is 4.98 Å². The highest BCUT2D eigenvalue weighted by atomic mass is 15.4. The normalized spacial score (nSPS) is 31.6. The second kappa shape index (κ2) is 5.27. The van der Waals surface area contributed by atoms with Crippen LogP contribution < -0.4 is 10.2 Å². The summed E-state index contributed by atoms with van der Waals surface area (Å²) in [7, 11) is 0. The highest BCUT2D eigenvalue weighted by Gasteiger charge is 2.40. The van der Waals surface area contributed by atoms with E-state index in [1.54, 1.807) is 0 Å². The van der Waals surface area contributed by atoms with Crippen molar-refractivity contribution in [3.05, 3.63) is 5.82 Å². The Morgan fingerprint density at radius 3 is 2.90 bits per heavy atom. The van der Waals surface area contributed by atoms with Crippen molar-refractivity contribution in [2.75, 3.05) is 24.5 Å². The molecule has 1 aliphatic carbocycles. The Hall–Kier alpha value is -1.10. The van der Waals surface area contributed by atoms with Crippen LogP contribution in [0.1, 0.15) is 57.7 Å². The lowest BCUT2D eigenvalue weighted by Crippen LogP contribution is -2.45. The smallest absolute Gasteiger partial charge is 0.245 e. The molecule has 2 saturated heterocycles. The largest absolute Gasteiger partial charge is 0.335 e. The number of nitrogens with one attached hydrogen (secondary N) is 2. The second-order valence-electron chi connectivity index (χ2n) is 7.15. The average Bonchev–Trinajstić information content (AvgIpc) is 3.25. The maximum Gasteiger partial charge on any atom is 0.245 e. The number of aromatic nitrogens is 3. The molecule has 1 aromatic rings. The monoisotopic (exact) mass is 289 g/mol. The van der Waals surface area contributed by atoms with Crippen LogP contribution in [-0.4, -0.2) is 40.9 Å². The number of nitrogens with zero attached hydrogens (tertiary/aromatic N) is 3. The van der Waals surface area contributed by atoms with Gasteiger partial charge in [0, 0.05) is 31.1 Å². The van der Waals surface area contributed by atoms with Crippen molar-refractivity contribution < 1.29 is 0 Å². The van der Waals surface area contributed by atoms with Gasteiger partial charge in [-0.05, 0) is 38.0 Å². The molecule has 0 radical (unpaired) electrons. The zero-order chi connectivity index (χ0) is 14.3. The zero-order valence-electron chi connectivity index (χ0n) is 13.1. The number of aromatic amines is 1. The van der Waals surface area contributed by atoms with Gasteiger partial charge in [0.15, 0.2) is 0 Å². The van der Waals surface area contributed by atoms with Gasteiger partial charge in [0.25, 0.3) is 0 Å². The van der Waals surface area contributed by atoms with Crippen molar-refractivity contribution in [1.82, 2.24) is 20.5 Å². The molecular formula is C16H27N5. The second-order valence-corrected chi connectivity index (χ2v) is 7.15. The molecular weight excluding hydrogens is 262 g/mol. The van der Waals surface area contributed by atoms with Gasteiger partial charge in [-0.1, -0.05) is 19.8 Å². The third kappa shape index (κ3) is 2.17. The van der Waals surface area contributed by atoms with E-state index in [-0.39, 0.29) is 5.41 Å². The first-order chi connectivity index (χ1) is 10.3. The van der Waals surface area contributed by atoms with Crippen molar-refractivity contribution in [2.24, 2.45) is 5.92 Å². The molecule has 0 spiro atoms. The van der Waals surface area contributed by atoms with E-state index in [9.17, 15) is 0 Å². The Bertz CT molecular complexity index is 491. The molecule has 2 unspecified atom stereocenters. The number of fused-ring (bicyclic) bond motifs is 1. The van der Waals surface area contributed by atoms with Crippen molar-refractivity contribution >= 4 is 5.95 Å². The molecule has 4 rings (SSSR count). The minimum atomic E-state index is 0.272. The van der Waals surface area contributed by atoms with Crippen LogP contribution in [0.4, 0.5) is 5.95 Å². The molecule has 116 valence electrons. The fourth-order valence-electron chi connectivity index (χ4n) is 4.74. The lowest BCUT2D eigenvalue weighted by molar-refractivity contribution is 0.379. The highest BCUT2D eigenvalue weighted by molar-refractivity contribution is 5.34. The molecule has 2 aliphatic heterocycles. The number of hydrogen-bond donors (Lipinski definition) is 2. The molecule has 21 heavy (non-hydrogen) atoms. The van der Waals surface area contributed by atoms with Gasteiger partial charge in [-0.3, -0.25) is 5.10 Å². The van der Waals surface area contributed by atoms with Gasteiger partial charge in [0.1, 0.15) is 5.82 Å². The third-order valence-corrected chi connectivity index (χ3v) is 6.15. The predicted molar refractivity (Wildman–Crippen MR) is 83.5 cm³/mol. The minimum Gasteiger partial charge on any atom is -0.335 e. The molecule has 5 heteroatoms. The van der Waals surface area contributed by atoms with E-state index >= 15 is 0 Å². The summed E-state index contributed by atoms with van der Waals surface area (Å²) in [5.74, 6) is 2.88. The topological polar surface area (TPSA) is 56.8 Å². The van der Waals surface area contributed by atoms with Gasteiger partial charge in [-0.15, -0.1) is 5.10 Å². The molecule has 3 aliphatic rings. The fraction of sp³-hybridized carbons (Fsp3) is 0.875. The summed E-state index contributed by atoms with van der Waals surface area (Å²) in [5.41, 5.74) is 0.272. The molecule has 0 bridgehead atoms. The molecule has 2 N–H and O–H groups in total. The Labute approximate surface area is 126 Å². The van der Waals surface area contributed by atoms with E-state index in [0.29, 0.717) is 6.04 Å². The van der Waals surface area contributed by atoms with Gasteiger partial charge in [0.05, 0.1) is 0 Å². The maximum atomic E-state index is 4.95. The van der Waals surface area contributed by atoms with Crippen LogP contribution in [0.5, 0.6) is 0 Å². The van der Waals surface area contributed by atoms with E-state index in [1.165, 1.54) is 44.9 Å². The van der Waals surface area contributed by atoms with Crippen LogP contribution in [0.15, 0.2) is 0 Å². The molecule has 0 amide bonds. The first-order valence-electron chi connectivity index (χ1n) is 8.73. The lowest BCUT2D eigenvalue weighted by atomic mass is 9.83. The Morgan fingerprint density at radius 2 is 2.10 bits per heavy atom. The van der Waals surface area contributed by atoms with Crippen LogP contribution in [-0.2, 0) is 5.41 Å².